The number of hydrogen-bond acceptors (Lipinski definition) is 3. The molecule has 0 radical (unpaired) electrons. The first-order chi connectivity index (χ1) is 6.46. The van der Waals surface area contributed by atoms with E-state index < -0.39 is 5.60 Å². The molecule has 78 valence electrons. The van der Waals surface area contributed by atoms with Crippen LogP contribution in [-0.2, 0) is 4.74 Å². The minimum Gasteiger partial charge on any atom is -0.443 e. The van der Waals surface area contributed by atoms with Gasteiger partial charge in [0.05, 0.1) is 6.04 Å². The molecule has 1 N–H and O–H groups in total. The number of hydrazine groups is 1. The van der Waals surface area contributed by atoms with E-state index in [1.165, 1.54) is 0 Å². The molecule has 1 heterocycles. The van der Waals surface area contributed by atoms with Gasteiger partial charge in [-0.25, -0.2) is 15.2 Å². The van der Waals surface area contributed by atoms with Crippen molar-refractivity contribution in [3.8, 4) is 0 Å². The van der Waals surface area contributed by atoms with Crippen molar-refractivity contribution in [2.45, 2.75) is 44.9 Å². The van der Waals surface area contributed by atoms with Gasteiger partial charge < -0.3 is 4.74 Å². The fourth-order valence-corrected chi connectivity index (χ4v) is 1.74. The summed E-state index contributed by atoms with van der Waals surface area (Å²) in [5.74, 6) is 0. The molecule has 0 saturated carbocycles. The molecule has 1 fully saturated rings. The second-order valence-electron chi connectivity index (χ2n) is 4.77. The number of ether oxygens (including phenoxy) is 1. The van der Waals surface area contributed by atoms with E-state index in [-0.39, 0.29) is 12.1 Å². The normalized spacial score (nSPS) is 29.8. The summed E-state index contributed by atoms with van der Waals surface area (Å²) in [5.41, 5.74) is 2.66. The van der Waals surface area contributed by atoms with Gasteiger partial charge in [-0.15, -0.1) is 0 Å². The maximum atomic E-state index is 11.7. The number of amides is 1. The average Bonchev–Trinajstić information content (AvgIpc) is 2.59. The molecule has 4 nitrogen and oxygen atoms in total. The Morgan fingerprint density at radius 1 is 1.50 bits per heavy atom. The molecule has 2 bridgehead atoms. The predicted octanol–water partition coefficient (Wildman–Crippen LogP) is 1.44. The van der Waals surface area contributed by atoms with Gasteiger partial charge in [-0.1, -0.05) is 12.2 Å². The summed E-state index contributed by atoms with van der Waals surface area (Å²) in [6.45, 7) is 5.61. The molecule has 0 aromatic heterocycles. The number of carbonyl (C=O) groups is 1. The number of fused-ring (bicyclic) bond motifs is 2. The number of carbonyl (C=O) groups excluding carboxylic acids is 1. The molecular weight excluding hydrogens is 180 g/mol. The molecule has 1 aliphatic carbocycles. The monoisotopic (exact) mass is 196 g/mol. The second-order valence-corrected chi connectivity index (χ2v) is 4.77. The highest BCUT2D eigenvalue weighted by molar-refractivity contribution is 5.69. The quantitative estimate of drug-likeness (QED) is 0.596. The van der Waals surface area contributed by atoms with Gasteiger partial charge in [0.15, 0.2) is 0 Å². The largest absolute Gasteiger partial charge is 0.443 e. The molecule has 2 unspecified atom stereocenters. The summed E-state index contributed by atoms with van der Waals surface area (Å²) in [5, 5.41) is 1.58. The zero-order valence-electron chi connectivity index (χ0n) is 8.78. The molecule has 2 rings (SSSR count). The highest BCUT2D eigenvalue weighted by atomic mass is 16.6. The van der Waals surface area contributed by atoms with Gasteiger partial charge in [0.25, 0.3) is 0 Å². The fourth-order valence-electron chi connectivity index (χ4n) is 1.74. The second kappa shape index (κ2) is 2.98. The third kappa shape index (κ3) is 1.75. The molecule has 1 amide bonds. The van der Waals surface area contributed by atoms with E-state index in [1.54, 1.807) is 5.01 Å². The van der Waals surface area contributed by atoms with E-state index in [0.717, 1.165) is 6.42 Å². The van der Waals surface area contributed by atoms with Crippen LogP contribution in [0.25, 0.3) is 0 Å². The van der Waals surface area contributed by atoms with Crippen LogP contribution in [0.1, 0.15) is 27.2 Å². The lowest BCUT2D eigenvalue weighted by molar-refractivity contribution is 0.0146. The van der Waals surface area contributed by atoms with Crippen LogP contribution in [0.2, 0.25) is 0 Å². The van der Waals surface area contributed by atoms with Crippen molar-refractivity contribution < 1.29 is 9.53 Å². The first-order valence-electron chi connectivity index (χ1n) is 4.92. The van der Waals surface area contributed by atoms with Crippen molar-refractivity contribution in [2.24, 2.45) is 0 Å². The molecule has 4 heteroatoms. The standard InChI is InChI=1S/C10H16N2O2/c1-10(2,3)14-9(13)12-8-5-4-7(6-8)11-12/h4-5,7-8,11H,6H2,1-3H3. The number of nitrogens with one attached hydrogen (secondary N) is 1. The van der Waals surface area contributed by atoms with E-state index in [9.17, 15) is 4.79 Å². The van der Waals surface area contributed by atoms with Gasteiger partial charge in [-0.05, 0) is 27.2 Å². The number of hydrogen-bond donors (Lipinski definition) is 1. The Morgan fingerprint density at radius 2 is 2.21 bits per heavy atom. The van der Waals surface area contributed by atoms with Gasteiger partial charge >= 0.3 is 6.09 Å². The van der Waals surface area contributed by atoms with Crippen molar-refractivity contribution in [1.29, 1.82) is 0 Å². The average molecular weight is 196 g/mol. The summed E-state index contributed by atoms with van der Waals surface area (Å²) in [6.07, 6.45) is 4.82. The van der Waals surface area contributed by atoms with Crippen LogP contribution in [0.4, 0.5) is 4.79 Å². The van der Waals surface area contributed by atoms with Gasteiger partial charge in [-0.3, -0.25) is 0 Å². The zero-order valence-corrected chi connectivity index (χ0v) is 8.78. The van der Waals surface area contributed by atoms with E-state index >= 15 is 0 Å². The van der Waals surface area contributed by atoms with Crippen LogP contribution in [0.15, 0.2) is 12.2 Å². The maximum Gasteiger partial charge on any atom is 0.425 e. The summed E-state index contributed by atoms with van der Waals surface area (Å²) in [6, 6.07) is 0.488. The Labute approximate surface area is 83.9 Å². The molecule has 2 aliphatic rings. The Kier molecular flexibility index (Phi) is 2.03. The summed E-state index contributed by atoms with van der Waals surface area (Å²) in [7, 11) is 0. The third-order valence-electron chi connectivity index (χ3n) is 2.29. The van der Waals surface area contributed by atoms with Crippen molar-refractivity contribution in [1.82, 2.24) is 10.4 Å². The summed E-state index contributed by atoms with van der Waals surface area (Å²) < 4.78 is 5.26. The SMILES string of the molecule is CC(C)(C)OC(=O)N1NC2C=CC1C2. The predicted molar refractivity (Wildman–Crippen MR) is 52.5 cm³/mol. The van der Waals surface area contributed by atoms with Crippen LogP contribution < -0.4 is 5.43 Å². The lowest BCUT2D eigenvalue weighted by Gasteiger charge is -2.28. The number of rotatable bonds is 0. The number of nitrogens with zero attached hydrogens (tertiary/aromatic N) is 1. The smallest absolute Gasteiger partial charge is 0.425 e. The van der Waals surface area contributed by atoms with Crippen LogP contribution in [0, 0.1) is 0 Å². The first-order valence-corrected chi connectivity index (χ1v) is 4.92. The van der Waals surface area contributed by atoms with Gasteiger partial charge in [0.2, 0.25) is 0 Å². The van der Waals surface area contributed by atoms with Crippen LogP contribution in [0.5, 0.6) is 0 Å². The van der Waals surface area contributed by atoms with Gasteiger partial charge in [-0.2, -0.15) is 0 Å². The van der Waals surface area contributed by atoms with Gasteiger partial charge in [0, 0.05) is 6.04 Å². The molecule has 14 heavy (non-hydrogen) atoms. The Hall–Kier alpha value is -1.03. The Morgan fingerprint density at radius 3 is 2.64 bits per heavy atom. The van der Waals surface area contributed by atoms with Crippen molar-refractivity contribution in [3.05, 3.63) is 12.2 Å². The molecule has 0 spiro atoms. The summed E-state index contributed by atoms with van der Waals surface area (Å²) >= 11 is 0. The van der Waals surface area contributed by atoms with Gasteiger partial charge in [0.1, 0.15) is 5.60 Å². The van der Waals surface area contributed by atoms with E-state index in [2.05, 4.69) is 11.5 Å². The topological polar surface area (TPSA) is 41.6 Å². The highest BCUT2D eigenvalue weighted by Crippen LogP contribution is 2.25. The molecular formula is C10H16N2O2. The minimum atomic E-state index is -0.426. The van der Waals surface area contributed by atoms with Crippen LogP contribution in [-0.4, -0.2) is 28.8 Å². The Bertz CT molecular complexity index is 280. The lowest BCUT2D eigenvalue weighted by atomic mass is 10.2. The van der Waals surface area contributed by atoms with E-state index in [4.69, 9.17) is 4.74 Å². The van der Waals surface area contributed by atoms with Crippen LogP contribution in [0.3, 0.4) is 0 Å². The van der Waals surface area contributed by atoms with Crippen molar-refractivity contribution in [3.63, 3.8) is 0 Å². The molecule has 0 aromatic rings. The lowest BCUT2D eigenvalue weighted by Crippen LogP contribution is -2.47. The summed E-state index contributed by atoms with van der Waals surface area (Å²) in [4.78, 5) is 11.7. The maximum absolute atomic E-state index is 11.7. The highest BCUT2D eigenvalue weighted by Gasteiger charge is 2.38. The van der Waals surface area contributed by atoms with Crippen molar-refractivity contribution in [2.75, 3.05) is 0 Å². The molecule has 1 aliphatic heterocycles. The van der Waals surface area contributed by atoms with Crippen molar-refractivity contribution >= 4 is 6.09 Å². The third-order valence-corrected chi connectivity index (χ3v) is 2.29. The first kappa shape index (κ1) is 9.52. The van der Waals surface area contributed by atoms with Crippen LogP contribution >= 0.6 is 0 Å². The Balaban J connectivity index is 1.97. The van der Waals surface area contributed by atoms with E-state index in [1.807, 2.05) is 26.8 Å². The molecule has 2 atom stereocenters. The molecule has 0 aromatic carbocycles. The minimum absolute atomic E-state index is 0.176. The molecule has 1 saturated heterocycles. The van der Waals surface area contributed by atoms with E-state index in [0.29, 0.717) is 6.04 Å². The fraction of sp³-hybridized carbons (Fsp3) is 0.700. The zero-order chi connectivity index (χ0) is 10.3.